The Morgan fingerprint density at radius 2 is 2.00 bits per heavy atom. The number of carbonyl (C=O) groups is 1. The molecule has 0 amide bonds. The van der Waals surface area contributed by atoms with Crippen LogP contribution in [0.1, 0.15) is 15.9 Å². The van der Waals surface area contributed by atoms with Crippen molar-refractivity contribution in [2.45, 2.75) is 6.18 Å². The van der Waals surface area contributed by atoms with E-state index < -0.39 is 11.7 Å². The maximum Gasteiger partial charge on any atom is 0.416 e. The fourth-order valence-corrected chi connectivity index (χ4v) is 1.32. The Bertz CT molecular complexity index is 511. The maximum atomic E-state index is 12.3. The largest absolute Gasteiger partial charge is 0.464 e. The zero-order chi connectivity index (χ0) is 11.1. The summed E-state index contributed by atoms with van der Waals surface area (Å²) in [7, 11) is 0. The van der Waals surface area contributed by atoms with E-state index in [1.54, 1.807) is 0 Å². The van der Waals surface area contributed by atoms with E-state index in [0.29, 0.717) is 11.7 Å². The highest BCUT2D eigenvalue weighted by Gasteiger charge is 2.30. The number of carbonyl (C=O) groups excluding carboxylic acids is 1. The number of benzene rings is 1. The van der Waals surface area contributed by atoms with Crippen LogP contribution in [0.5, 0.6) is 0 Å². The number of halogens is 3. The Kier molecular flexibility index (Phi) is 2.03. The van der Waals surface area contributed by atoms with Gasteiger partial charge in [0.1, 0.15) is 11.8 Å². The number of hydrogen-bond donors (Lipinski definition) is 0. The van der Waals surface area contributed by atoms with E-state index in [9.17, 15) is 18.0 Å². The van der Waals surface area contributed by atoms with Crippen LogP contribution in [0.3, 0.4) is 0 Å². The summed E-state index contributed by atoms with van der Waals surface area (Å²) in [5.74, 6) is 0. The van der Waals surface area contributed by atoms with Crippen molar-refractivity contribution in [1.82, 2.24) is 0 Å². The zero-order valence-electron chi connectivity index (χ0n) is 7.34. The van der Waals surface area contributed by atoms with E-state index in [2.05, 4.69) is 0 Å². The number of aldehydes is 1. The second kappa shape index (κ2) is 3.12. The highest BCUT2D eigenvalue weighted by molar-refractivity contribution is 5.96. The van der Waals surface area contributed by atoms with Gasteiger partial charge in [0.25, 0.3) is 0 Å². The van der Waals surface area contributed by atoms with Gasteiger partial charge in [-0.15, -0.1) is 0 Å². The highest BCUT2D eigenvalue weighted by Crippen LogP contribution is 2.32. The molecule has 15 heavy (non-hydrogen) atoms. The lowest BCUT2D eigenvalue weighted by Gasteiger charge is -2.05. The molecule has 0 fully saturated rings. The van der Waals surface area contributed by atoms with Gasteiger partial charge in [0, 0.05) is 5.39 Å². The summed E-state index contributed by atoms with van der Waals surface area (Å²) >= 11 is 0. The monoisotopic (exact) mass is 214 g/mol. The van der Waals surface area contributed by atoms with Gasteiger partial charge in [0.2, 0.25) is 0 Å². The summed E-state index contributed by atoms with van der Waals surface area (Å²) in [6.07, 6.45) is -2.72. The third-order valence-corrected chi connectivity index (χ3v) is 2.06. The summed E-state index contributed by atoms with van der Waals surface area (Å²) in [5, 5.41) is 0.387. The predicted molar refractivity (Wildman–Crippen MR) is 46.6 cm³/mol. The molecule has 0 unspecified atom stereocenters. The molecule has 2 rings (SSSR count). The number of alkyl halides is 3. The Morgan fingerprint density at radius 3 is 2.60 bits per heavy atom. The molecule has 1 aromatic carbocycles. The Morgan fingerprint density at radius 1 is 1.27 bits per heavy atom. The van der Waals surface area contributed by atoms with Gasteiger partial charge >= 0.3 is 6.18 Å². The van der Waals surface area contributed by atoms with Crippen molar-refractivity contribution in [2.24, 2.45) is 0 Å². The molecule has 1 heterocycles. The van der Waals surface area contributed by atoms with Gasteiger partial charge in [-0.2, -0.15) is 13.2 Å². The average molecular weight is 214 g/mol. The van der Waals surface area contributed by atoms with Crippen LogP contribution in [-0.2, 0) is 6.18 Å². The van der Waals surface area contributed by atoms with E-state index in [1.807, 2.05) is 0 Å². The van der Waals surface area contributed by atoms with E-state index in [4.69, 9.17) is 4.42 Å². The van der Waals surface area contributed by atoms with Gasteiger partial charge in [0.15, 0.2) is 6.29 Å². The standard InChI is InChI=1S/C10H5F3O2/c11-10(12,13)7-1-2-8-6(4-14)5-15-9(8)3-7/h1-5H. The molecular weight excluding hydrogens is 209 g/mol. The van der Waals surface area contributed by atoms with E-state index >= 15 is 0 Å². The van der Waals surface area contributed by atoms with Crippen molar-refractivity contribution in [3.8, 4) is 0 Å². The van der Waals surface area contributed by atoms with Gasteiger partial charge < -0.3 is 4.42 Å². The molecule has 0 spiro atoms. The van der Waals surface area contributed by atoms with E-state index in [1.165, 1.54) is 6.07 Å². The van der Waals surface area contributed by atoms with Gasteiger partial charge in [-0.3, -0.25) is 4.79 Å². The smallest absolute Gasteiger partial charge is 0.416 e. The van der Waals surface area contributed by atoms with Crippen LogP contribution >= 0.6 is 0 Å². The van der Waals surface area contributed by atoms with Crippen LogP contribution in [-0.4, -0.2) is 6.29 Å². The Hall–Kier alpha value is -1.78. The van der Waals surface area contributed by atoms with Crippen molar-refractivity contribution in [3.05, 3.63) is 35.6 Å². The first-order valence-electron chi connectivity index (χ1n) is 4.06. The summed E-state index contributed by atoms with van der Waals surface area (Å²) in [6, 6.07) is 3.03. The summed E-state index contributed by atoms with van der Waals surface area (Å²) < 4.78 is 41.7. The quantitative estimate of drug-likeness (QED) is 0.682. The molecule has 2 aromatic rings. The van der Waals surface area contributed by atoms with E-state index in [-0.39, 0.29) is 11.1 Å². The van der Waals surface area contributed by atoms with Crippen molar-refractivity contribution in [3.63, 3.8) is 0 Å². The zero-order valence-corrected chi connectivity index (χ0v) is 7.34. The summed E-state index contributed by atoms with van der Waals surface area (Å²) in [5.41, 5.74) is -0.479. The second-order valence-corrected chi connectivity index (χ2v) is 3.02. The van der Waals surface area contributed by atoms with Crippen LogP contribution in [0.15, 0.2) is 28.9 Å². The van der Waals surface area contributed by atoms with Gasteiger partial charge in [0.05, 0.1) is 11.1 Å². The number of hydrogen-bond acceptors (Lipinski definition) is 2. The minimum Gasteiger partial charge on any atom is -0.464 e. The maximum absolute atomic E-state index is 12.3. The van der Waals surface area contributed by atoms with Crippen molar-refractivity contribution in [1.29, 1.82) is 0 Å². The lowest BCUT2D eigenvalue weighted by atomic mass is 10.1. The Balaban J connectivity index is 2.63. The van der Waals surface area contributed by atoms with E-state index in [0.717, 1.165) is 18.4 Å². The molecule has 0 saturated heterocycles. The topological polar surface area (TPSA) is 30.2 Å². The first-order chi connectivity index (χ1) is 7.02. The normalized spacial score (nSPS) is 11.9. The van der Waals surface area contributed by atoms with Gasteiger partial charge in [-0.05, 0) is 18.2 Å². The summed E-state index contributed by atoms with van der Waals surface area (Å²) in [6.45, 7) is 0. The van der Waals surface area contributed by atoms with Crippen LogP contribution in [0.25, 0.3) is 11.0 Å². The van der Waals surface area contributed by atoms with Crippen molar-refractivity contribution < 1.29 is 22.4 Å². The molecule has 0 atom stereocenters. The third-order valence-electron chi connectivity index (χ3n) is 2.06. The number of furan rings is 1. The minimum absolute atomic E-state index is 0.0620. The summed E-state index contributed by atoms with van der Waals surface area (Å²) in [4.78, 5) is 10.5. The van der Waals surface area contributed by atoms with Crippen LogP contribution in [0.2, 0.25) is 0 Å². The van der Waals surface area contributed by atoms with Crippen LogP contribution < -0.4 is 0 Å². The van der Waals surface area contributed by atoms with Crippen LogP contribution in [0.4, 0.5) is 13.2 Å². The molecule has 0 aliphatic rings. The molecule has 0 saturated carbocycles. The SMILES string of the molecule is O=Cc1coc2cc(C(F)(F)F)ccc12. The minimum atomic E-state index is -4.40. The molecule has 1 aromatic heterocycles. The fourth-order valence-electron chi connectivity index (χ4n) is 1.32. The number of fused-ring (bicyclic) bond motifs is 1. The van der Waals surface area contributed by atoms with Crippen LogP contribution in [0, 0.1) is 0 Å². The predicted octanol–water partition coefficient (Wildman–Crippen LogP) is 3.26. The van der Waals surface area contributed by atoms with Crippen molar-refractivity contribution in [2.75, 3.05) is 0 Å². The lowest BCUT2D eigenvalue weighted by Crippen LogP contribution is -2.03. The van der Waals surface area contributed by atoms with Crippen molar-refractivity contribution >= 4 is 17.3 Å². The van der Waals surface area contributed by atoms with Gasteiger partial charge in [-0.1, -0.05) is 0 Å². The molecule has 5 heteroatoms. The molecule has 0 N–H and O–H groups in total. The fraction of sp³-hybridized carbons (Fsp3) is 0.100. The molecule has 0 bridgehead atoms. The molecule has 78 valence electrons. The molecule has 0 radical (unpaired) electrons. The Labute approximate surface area is 82.3 Å². The van der Waals surface area contributed by atoms with Gasteiger partial charge in [-0.25, -0.2) is 0 Å². The first-order valence-corrected chi connectivity index (χ1v) is 4.06. The molecule has 0 aliphatic heterocycles. The average Bonchev–Trinajstić information content (AvgIpc) is 2.58. The first kappa shape index (κ1) is 9.76. The molecule has 2 nitrogen and oxygen atoms in total. The third kappa shape index (κ3) is 1.60. The molecular formula is C10H5F3O2. The highest BCUT2D eigenvalue weighted by atomic mass is 19.4. The molecule has 0 aliphatic carbocycles. The second-order valence-electron chi connectivity index (χ2n) is 3.02. The number of rotatable bonds is 1. The lowest BCUT2D eigenvalue weighted by molar-refractivity contribution is -0.137.